The first-order valence-electron chi connectivity index (χ1n) is 17.2. The van der Waals surface area contributed by atoms with E-state index in [1.54, 1.807) is 24.3 Å². The lowest BCUT2D eigenvalue weighted by atomic mass is 9.83. The van der Waals surface area contributed by atoms with Crippen LogP contribution >= 0.6 is 11.6 Å². The molecule has 2 heterocycles. The molecule has 0 unspecified atom stereocenters. The molecule has 2 fully saturated rings. The zero-order chi connectivity index (χ0) is 36.9. The summed E-state index contributed by atoms with van der Waals surface area (Å²) in [5.41, 5.74) is 3.38. The van der Waals surface area contributed by atoms with Gasteiger partial charge in [0, 0.05) is 10.6 Å². The zero-order valence-corrected chi connectivity index (χ0v) is 29.3. The molecule has 2 bridgehead atoms. The van der Waals surface area contributed by atoms with E-state index in [1.807, 2.05) is 97.1 Å². The van der Waals surface area contributed by atoms with Crippen molar-refractivity contribution in [1.82, 2.24) is 0 Å². The third-order valence-electron chi connectivity index (χ3n) is 9.47. The monoisotopic (exact) mass is 746 g/mol. The molecule has 0 aromatic heterocycles. The second kappa shape index (κ2) is 16.0. The first kappa shape index (κ1) is 37.1. The van der Waals surface area contributed by atoms with Crippen LogP contribution in [0.1, 0.15) is 33.4 Å². The van der Waals surface area contributed by atoms with Gasteiger partial charge in [-0.1, -0.05) is 121 Å². The molecular formula is C42H38ClF3O7. The maximum Gasteiger partial charge on any atom is 0.573 e. The van der Waals surface area contributed by atoms with Crippen LogP contribution in [0.3, 0.4) is 0 Å². The number of rotatable bonds is 14. The van der Waals surface area contributed by atoms with Crippen LogP contribution in [0.4, 0.5) is 13.2 Å². The topological polar surface area (TPSA) is 75.6 Å². The highest BCUT2D eigenvalue weighted by Gasteiger charge is 2.69. The van der Waals surface area contributed by atoms with Crippen molar-refractivity contribution < 1.29 is 46.7 Å². The summed E-state index contributed by atoms with van der Waals surface area (Å²) < 4.78 is 76.2. The standard InChI is InChI=1S/C42H38ClF3O7/c43-36-21-18-34(23-33(36)22-29-16-19-35(20-17-29)52-42(44,45)46)41-39(50-26-32-14-8-3-9-15-32)37(48-24-30-10-4-1-5-11-30)38(40(27-47,53-41)28-51-41)49-25-31-12-6-2-7-13-31/h1-21,23,37-39,47H,22,24-28H2/t37-,38+,39+,40+,41-/m0/s1. The molecule has 53 heavy (non-hydrogen) atoms. The van der Waals surface area contributed by atoms with E-state index in [-0.39, 0.29) is 38.6 Å². The summed E-state index contributed by atoms with van der Waals surface area (Å²) >= 11 is 6.73. The molecule has 7 rings (SSSR count). The van der Waals surface area contributed by atoms with Gasteiger partial charge in [0.25, 0.3) is 0 Å². The van der Waals surface area contributed by atoms with Gasteiger partial charge in [-0.25, -0.2) is 0 Å². The largest absolute Gasteiger partial charge is 0.573 e. The lowest BCUT2D eigenvalue weighted by Gasteiger charge is -2.50. The summed E-state index contributed by atoms with van der Waals surface area (Å²) in [5.74, 6) is -1.89. The minimum Gasteiger partial charge on any atom is -0.406 e. The molecule has 11 heteroatoms. The molecule has 276 valence electrons. The summed E-state index contributed by atoms with van der Waals surface area (Å²) in [6, 6.07) is 40.1. The van der Waals surface area contributed by atoms with Crippen molar-refractivity contribution in [2.75, 3.05) is 13.2 Å². The minimum atomic E-state index is -4.79. The van der Waals surface area contributed by atoms with E-state index in [9.17, 15) is 18.3 Å². The lowest BCUT2D eigenvalue weighted by molar-refractivity contribution is -0.353. The number of hydrogen-bond donors (Lipinski definition) is 1. The highest BCUT2D eigenvalue weighted by Crippen LogP contribution is 2.53. The molecule has 5 atom stereocenters. The third-order valence-corrected chi connectivity index (χ3v) is 9.84. The second-order valence-corrected chi connectivity index (χ2v) is 13.6. The van der Waals surface area contributed by atoms with Gasteiger partial charge in [-0.3, -0.25) is 0 Å². The third kappa shape index (κ3) is 8.45. The van der Waals surface area contributed by atoms with Gasteiger partial charge in [-0.05, 0) is 58.5 Å². The van der Waals surface area contributed by atoms with Crippen molar-refractivity contribution in [1.29, 1.82) is 0 Å². The predicted molar refractivity (Wildman–Crippen MR) is 191 cm³/mol. The fraction of sp³-hybridized carbons (Fsp3) is 0.286. The van der Waals surface area contributed by atoms with Crippen LogP contribution in [-0.2, 0) is 55.7 Å². The number of aliphatic hydroxyl groups excluding tert-OH is 1. The van der Waals surface area contributed by atoms with E-state index >= 15 is 0 Å². The number of hydrogen-bond acceptors (Lipinski definition) is 7. The summed E-state index contributed by atoms with van der Waals surface area (Å²) in [4.78, 5) is 0. The number of aliphatic hydroxyl groups is 1. The highest BCUT2D eigenvalue weighted by molar-refractivity contribution is 6.31. The van der Waals surface area contributed by atoms with Crippen molar-refractivity contribution in [3.05, 3.63) is 172 Å². The Labute approximate surface area is 310 Å². The van der Waals surface area contributed by atoms with E-state index in [1.165, 1.54) is 12.1 Å². The average Bonchev–Trinajstić information content (AvgIpc) is 3.53. The molecule has 0 spiro atoms. The Bertz CT molecular complexity index is 1930. The number of benzene rings is 5. The Morgan fingerprint density at radius 3 is 1.77 bits per heavy atom. The molecule has 0 aliphatic carbocycles. The molecule has 0 radical (unpaired) electrons. The summed E-state index contributed by atoms with van der Waals surface area (Å²) in [6.07, 6.45) is -7.05. The fourth-order valence-corrected chi connectivity index (χ4v) is 7.07. The first-order valence-corrected chi connectivity index (χ1v) is 17.6. The quantitative estimate of drug-likeness (QED) is 0.122. The average molecular weight is 747 g/mol. The summed E-state index contributed by atoms with van der Waals surface area (Å²) in [6.45, 7) is 0.169. The van der Waals surface area contributed by atoms with Crippen molar-refractivity contribution in [3.63, 3.8) is 0 Å². The van der Waals surface area contributed by atoms with E-state index in [0.29, 0.717) is 21.7 Å². The van der Waals surface area contributed by atoms with Gasteiger partial charge in [-0.2, -0.15) is 0 Å². The smallest absolute Gasteiger partial charge is 0.406 e. The summed E-state index contributed by atoms with van der Waals surface area (Å²) in [7, 11) is 0. The van der Waals surface area contributed by atoms with Gasteiger partial charge < -0.3 is 33.5 Å². The Kier molecular flexibility index (Phi) is 11.2. The van der Waals surface area contributed by atoms with Gasteiger partial charge in [0.2, 0.25) is 5.79 Å². The Hall–Kier alpha value is -4.26. The summed E-state index contributed by atoms with van der Waals surface area (Å²) in [5, 5.41) is 11.5. The number of ether oxygens (including phenoxy) is 6. The Balaban J connectivity index is 1.27. The minimum absolute atomic E-state index is 0.0298. The zero-order valence-electron chi connectivity index (χ0n) is 28.6. The maximum absolute atomic E-state index is 12.8. The number of alkyl halides is 3. The van der Waals surface area contributed by atoms with Crippen LogP contribution < -0.4 is 4.74 Å². The fourth-order valence-electron chi connectivity index (χ4n) is 6.89. The normalized spacial score (nSPS) is 23.9. The van der Waals surface area contributed by atoms with Gasteiger partial charge in [0.1, 0.15) is 29.7 Å². The first-order chi connectivity index (χ1) is 25.7. The molecule has 2 aliphatic heterocycles. The van der Waals surface area contributed by atoms with Crippen molar-refractivity contribution in [2.24, 2.45) is 0 Å². The van der Waals surface area contributed by atoms with Crippen molar-refractivity contribution in [2.45, 2.75) is 62.3 Å². The number of fused-ring (bicyclic) bond motifs is 2. The van der Waals surface area contributed by atoms with Crippen LogP contribution in [0.15, 0.2) is 133 Å². The molecule has 7 nitrogen and oxygen atoms in total. The van der Waals surface area contributed by atoms with Crippen LogP contribution in [0, 0.1) is 0 Å². The van der Waals surface area contributed by atoms with E-state index in [0.717, 1.165) is 16.7 Å². The van der Waals surface area contributed by atoms with Gasteiger partial charge in [0.15, 0.2) is 0 Å². The lowest BCUT2D eigenvalue weighted by Crippen LogP contribution is -2.67. The molecule has 5 aromatic rings. The molecule has 5 aromatic carbocycles. The van der Waals surface area contributed by atoms with Gasteiger partial charge in [-0.15, -0.1) is 13.2 Å². The van der Waals surface area contributed by atoms with Crippen LogP contribution in [0.5, 0.6) is 5.75 Å². The molecular weight excluding hydrogens is 709 g/mol. The van der Waals surface area contributed by atoms with Crippen LogP contribution in [0.25, 0.3) is 0 Å². The van der Waals surface area contributed by atoms with Crippen molar-refractivity contribution >= 4 is 11.6 Å². The highest BCUT2D eigenvalue weighted by atomic mass is 35.5. The van der Waals surface area contributed by atoms with E-state index < -0.39 is 42.7 Å². The molecule has 2 aliphatic rings. The van der Waals surface area contributed by atoms with Crippen molar-refractivity contribution in [3.8, 4) is 5.75 Å². The number of halogens is 4. The predicted octanol–water partition coefficient (Wildman–Crippen LogP) is 8.53. The second-order valence-electron chi connectivity index (χ2n) is 13.2. The molecule has 0 amide bonds. The molecule has 0 saturated carbocycles. The molecule has 1 N–H and O–H groups in total. The Morgan fingerprint density at radius 1 is 0.679 bits per heavy atom. The van der Waals surface area contributed by atoms with Gasteiger partial charge in [0.05, 0.1) is 33.0 Å². The Morgan fingerprint density at radius 2 is 1.23 bits per heavy atom. The van der Waals surface area contributed by atoms with Crippen LogP contribution in [-0.4, -0.2) is 48.6 Å². The van der Waals surface area contributed by atoms with E-state index in [4.69, 9.17) is 35.3 Å². The van der Waals surface area contributed by atoms with Gasteiger partial charge >= 0.3 is 6.36 Å². The van der Waals surface area contributed by atoms with E-state index in [2.05, 4.69) is 4.74 Å². The maximum atomic E-state index is 12.8. The van der Waals surface area contributed by atoms with Crippen LogP contribution in [0.2, 0.25) is 5.02 Å². The SMILES string of the molecule is OC[C@]12CO[C@@](c3ccc(Cl)c(Cc4ccc(OC(F)(F)F)cc4)c3)(O1)[C@H](OCc1ccccc1)[C@@H](OCc1ccccc1)[C@H]2OCc1ccccc1. The molecule has 2 saturated heterocycles.